The molecule has 10 nitrogen and oxygen atoms in total. The number of nitrogens with zero attached hydrogens (tertiary/aromatic N) is 7. The van der Waals surface area contributed by atoms with Crippen molar-refractivity contribution in [3.63, 3.8) is 0 Å². The van der Waals surface area contributed by atoms with Crippen molar-refractivity contribution in [2.24, 2.45) is 5.10 Å². The number of tetrazole rings is 1. The van der Waals surface area contributed by atoms with Crippen molar-refractivity contribution in [3.05, 3.63) is 48.2 Å². The van der Waals surface area contributed by atoms with Gasteiger partial charge >= 0.3 is 0 Å². The zero-order valence-corrected chi connectivity index (χ0v) is 13.4. The number of hydrazine groups is 2. The summed E-state index contributed by atoms with van der Waals surface area (Å²) in [6.45, 7) is 0.539. The summed E-state index contributed by atoms with van der Waals surface area (Å²) in [5, 5.41) is 18.3. The van der Waals surface area contributed by atoms with Crippen molar-refractivity contribution < 1.29 is 4.74 Å². The number of nitrogens with one attached hydrogen (secondary N) is 2. The molecule has 2 N–H and O–H groups in total. The van der Waals surface area contributed by atoms with E-state index in [1.54, 1.807) is 24.8 Å². The van der Waals surface area contributed by atoms with Crippen molar-refractivity contribution in [2.75, 3.05) is 7.11 Å². The Bertz CT molecular complexity index is 893. The number of rotatable bonds is 5. The predicted octanol–water partition coefficient (Wildman–Crippen LogP) is 0.501. The van der Waals surface area contributed by atoms with E-state index in [0.717, 1.165) is 11.3 Å². The highest BCUT2D eigenvalue weighted by molar-refractivity contribution is 5.54. The van der Waals surface area contributed by atoms with Crippen LogP contribution in [0, 0.1) is 0 Å². The molecule has 126 valence electrons. The van der Waals surface area contributed by atoms with Gasteiger partial charge in [0.2, 0.25) is 5.82 Å². The summed E-state index contributed by atoms with van der Waals surface area (Å²) >= 11 is 0. The Morgan fingerprint density at radius 1 is 1.20 bits per heavy atom. The highest BCUT2D eigenvalue weighted by Crippen LogP contribution is 2.23. The van der Waals surface area contributed by atoms with Crippen LogP contribution in [0.15, 0.2) is 47.7 Å². The van der Waals surface area contributed by atoms with Crippen LogP contribution in [0.5, 0.6) is 5.75 Å². The molecule has 0 radical (unpaired) electrons. The lowest BCUT2D eigenvalue weighted by Crippen LogP contribution is -2.35. The highest BCUT2D eigenvalue weighted by atomic mass is 16.5. The molecule has 0 bridgehead atoms. The summed E-state index contributed by atoms with van der Waals surface area (Å²) in [7, 11) is 1.62. The molecule has 1 aliphatic rings. The molecule has 1 aliphatic heterocycles. The van der Waals surface area contributed by atoms with Gasteiger partial charge in [-0.3, -0.25) is 10.4 Å². The normalized spacial score (nSPS) is 13.1. The van der Waals surface area contributed by atoms with Crippen LogP contribution in [0.25, 0.3) is 17.2 Å². The first-order chi connectivity index (χ1) is 12.3. The van der Waals surface area contributed by atoms with Crippen LogP contribution in [0.3, 0.4) is 0 Å². The molecule has 0 fully saturated rings. The Hall–Kier alpha value is -3.53. The maximum atomic E-state index is 5.48. The number of pyridine rings is 1. The summed E-state index contributed by atoms with van der Waals surface area (Å²) in [5.41, 5.74) is 8.05. The number of benzene rings is 1. The van der Waals surface area contributed by atoms with Gasteiger partial charge in [0, 0.05) is 17.8 Å². The maximum absolute atomic E-state index is 5.48. The molecule has 3 aromatic rings. The standard InChI is InChI=1S/C15H15N9O/c1-25-14-8-12(6-5-11(14)9-23-18-10-17-21-23)24-20-15(19-22-24)13-4-2-3-7-16-13/h2-8,10,21H,9H2,1H3,(H,17,18). The summed E-state index contributed by atoms with van der Waals surface area (Å²) in [4.78, 5) is 5.67. The highest BCUT2D eigenvalue weighted by Gasteiger charge is 2.13. The van der Waals surface area contributed by atoms with E-state index in [0.29, 0.717) is 23.8 Å². The first-order valence-corrected chi connectivity index (χ1v) is 7.53. The fraction of sp³-hybridized carbons (Fsp3) is 0.133. The second-order valence-electron chi connectivity index (χ2n) is 5.17. The Morgan fingerprint density at radius 3 is 2.92 bits per heavy atom. The zero-order valence-electron chi connectivity index (χ0n) is 13.4. The van der Waals surface area contributed by atoms with E-state index >= 15 is 0 Å². The molecule has 4 rings (SSSR count). The number of methoxy groups -OCH3 is 1. The SMILES string of the molecule is COc1cc(-n2nnc(-c3ccccn3)n2)ccc1CN1N=CNN1. The quantitative estimate of drug-likeness (QED) is 0.693. The van der Waals surface area contributed by atoms with Crippen LogP contribution in [0.4, 0.5) is 0 Å². The number of hydrogen-bond donors (Lipinski definition) is 2. The van der Waals surface area contributed by atoms with Crippen molar-refractivity contribution in [1.82, 2.24) is 41.3 Å². The molecule has 10 heteroatoms. The van der Waals surface area contributed by atoms with Crippen molar-refractivity contribution in [2.45, 2.75) is 6.54 Å². The van der Waals surface area contributed by atoms with Gasteiger partial charge in [-0.15, -0.1) is 25.6 Å². The van der Waals surface area contributed by atoms with Gasteiger partial charge in [0.25, 0.3) is 0 Å². The van der Waals surface area contributed by atoms with E-state index in [2.05, 4.69) is 36.5 Å². The molecule has 0 spiro atoms. The van der Waals surface area contributed by atoms with Crippen LogP contribution in [0.1, 0.15) is 5.56 Å². The maximum Gasteiger partial charge on any atom is 0.223 e. The number of aromatic nitrogens is 5. The second-order valence-corrected chi connectivity index (χ2v) is 5.17. The lowest BCUT2D eigenvalue weighted by molar-refractivity contribution is 0.194. The lowest BCUT2D eigenvalue weighted by atomic mass is 10.2. The molecule has 2 aromatic heterocycles. The van der Waals surface area contributed by atoms with Crippen LogP contribution < -0.4 is 15.7 Å². The monoisotopic (exact) mass is 337 g/mol. The summed E-state index contributed by atoms with van der Waals surface area (Å²) in [6, 6.07) is 11.2. The minimum absolute atomic E-state index is 0.463. The number of ether oxygens (including phenoxy) is 1. The predicted molar refractivity (Wildman–Crippen MR) is 89.2 cm³/mol. The molecule has 0 unspecified atom stereocenters. The van der Waals surface area contributed by atoms with Crippen LogP contribution in [-0.2, 0) is 6.54 Å². The van der Waals surface area contributed by atoms with Gasteiger partial charge < -0.3 is 4.74 Å². The first-order valence-electron chi connectivity index (χ1n) is 7.53. The molecular weight excluding hydrogens is 322 g/mol. The van der Waals surface area contributed by atoms with Crippen molar-refractivity contribution in [1.29, 1.82) is 0 Å². The van der Waals surface area contributed by atoms with Gasteiger partial charge in [-0.25, -0.2) is 5.12 Å². The molecule has 3 heterocycles. The topological polar surface area (TPSA) is 105 Å². The number of hydrazone groups is 1. The third-order valence-electron chi connectivity index (χ3n) is 3.58. The van der Waals surface area contributed by atoms with Gasteiger partial charge in [0.15, 0.2) is 0 Å². The van der Waals surface area contributed by atoms with Crippen molar-refractivity contribution in [3.8, 4) is 23.0 Å². The largest absolute Gasteiger partial charge is 0.496 e. The summed E-state index contributed by atoms with van der Waals surface area (Å²) in [5.74, 6) is 1.17. The third-order valence-corrected chi connectivity index (χ3v) is 3.58. The van der Waals surface area contributed by atoms with E-state index in [4.69, 9.17) is 4.74 Å². The fourth-order valence-corrected chi connectivity index (χ4v) is 2.38. The Morgan fingerprint density at radius 2 is 2.16 bits per heavy atom. The molecular formula is C15H15N9O. The molecule has 1 aromatic carbocycles. The van der Waals surface area contributed by atoms with Gasteiger partial charge in [-0.2, -0.15) is 0 Å². The smallest absolute Gasteiger partial charge is 0.223 e. The molecule has 0 amide bonds. The average Bonchev–Trinajstić information content (AvgIpc) is 3.35. The molecule has 0 saturated carbocycles. The van der Waals surface area contributed by atoms with Gasteiger partial charge in [-0.1, -0.05) is 12.1 Å². The second kappa shape index (κ2) is 6.53. The first kappa shape index (κ1) is 15.0. The molecule has 0 atom stereocenters. The van der Waals surface area contributed by atoms with E-state index in [9.17, 15) is 0 Å². The minimum atomic E-state index is 0.463. The van der Waals surface area contributed by atoms with Gasteiger partial charge in [0.05, 0.1) is 19.3 Å². The minimum Gasteiger partial charge on any atom is -0.496 e. The molecule has 25 heavy (non-hydrogen) atoms. The van der Waals surface area contributed by atoms with E-state index in [-0.39, 0.29) is 0 Å². The average molecular weight is 337 g/mol. The van der Waals surface area contributed by atoms with E-state index < -0.39 is 0 Å². The van der Waals surface area contributed by atoms with Crippen LogP contribution in [0.2, 0.25) is 0 Å². The van der Waals surface area contributed by atoms with E-state index in [1.165, 1.54) is 4.80 Å². The van der Waals surface area contributed by atoms with E-state index in [1.807, 2.05) is 36.4 Å². The summed E-state index contributed by atoms with van der Waals surface area (Å²) < 4.78 is 5.48. The van der Waals surface area contributed by atoms with Gasteiger partial charge in [0.1, 0.15) is 17.8 Å². The molecule has 0 aliphatic carbocycles. The van der Waals surface area contributed by atoms with Gasteiger partial charge in [-0.05, 0) is 23.4 Å². The van der Waals surface area contributed by atoms with Crippen LogP contribution in [-0.4, -0.2) is 43.8 Å². The summed E-state index contributed by atoms with van der Waals surface area (Å²) in [6.07, 6.45) is 3.26. The van der Waals surface area contributed by atoms with Crippen LogP contribution >= 0.6 is 0 Å². The zero-order chi connectivity index (χ0) is 17.1. The Kier molecular flexibility index (Phi) is 3.92. The number of hydrogen-bond acceptors (Lipinski definition) is 9. The third kappa shape index (κ3) is 3.10. The molecule has 0 saturated heterocycles. The fourth-order valence-electron chi connectivity index (χ4n) is 2.38. The Labute approximate surface area is 143 Å². The lowest BCUT2D eigenvalue weighted by Gasteiger charge is -2.16. The Balaban J connectivity index is 1.60. The van der Waals surface area contributed by atoms with Crippen molar-refractivity contribution >= 4 is 6.34 Å².